The number of aldehydes is 1. The normalized spacial score (nSPS) is 13.3. The monoisotopic (exact) mass is 1030 g/mol. The van der Waals surface area contributed by atoms with Gasteiger partial charge in [0.15, 0.2) is 5.43 Å². The molecule has 12 heteroatoms. The lowest BCUT2D eigenvalue weighted by atomic mass is 10.1. The zero-order valence-electron chi connectivity index (χ0n) is 51.8. The van der Waals surface area contributed by atoms with Crippen LogP contribution in [0.1, 0.15) is 144 Å². The van der Waals surface area contributed by atoms with Gasteiger partial charge in [0, 0.05) is 108 Å². The van der Waals surface area contributed by atoms with Gasteiger partial charge in [-0.15, -0.1) is 0 Å². The number of para-hydroxylation sites is 4. The van der Waals surface area contributed by atoms with Gasteiger partial charge < -0.3 is 44.9 Å². The van der Waals surface area contributed by atoms with Gasteiger partial charge >= 0.3 is 0 Å². The maximum Gasteiger partial charge on any atom is 0.189 e. The molecule has 3 saturated heterocycles. The van der Waals surface area contributed by atoms with E-state index in [9.17, 15) is 14.4 Å². The summed E-state index contributed by atoms with van der Waals surface area (Å²) in [6.07, 6.45) is 4.30. The molecule has 5 aromatic rings. The number of nitrogens with zero attached hydrogens (tertiary/aromatic N) is 7. The second kappa shape index (κ2) is 52.6. The Morgan fingerprint density at radius 1 is 0.527 bits per heavy atom. The van der Waals surface area contributed by atoms with Crippen LogP contribution < -0.4 is 25.9 Å². The maximum absolute atomic E-state index is 11.8. The van der Waals surface area contributed by atoms with E-state index in [0.717, 1.165) is 106 Å². The van der Waals surface area contributed by atoms with Crippen molar-refractivity contribution in [3.05, 3.63) is 101 Å². The largest absolute Gasteiger partial charge is 0.397 e. The van der Waals surface area contributed by atoms with Gasteiger partial charge in [0.1, 0.15) is 12.1 Å². The number of nitrogen functional groups attached to an aromatic ring is 1. The highest BCUT2D eigenvalue weighted by molar-refractivity contribution is 5.93. The van der Waals surface area contributed by atoms with Gasteiger partial charge in [-0.1, -0.05) is 155 Å². The average Bonchev–Trinajstić information content (AvgIpc) is 3.47. The Morgan fingerprint density at radius 2 is 0.905 bits per heavy atom. The zero-order valence-corrected chi connectivity index (χ0v) is 51.8. The third kappa shape index (κ3) is 29.6. The van der Waals surface area contributed by atoms with Crippen molar-refractivity contribution < 1.29 is 9.59 Å². The zero-order chi connectivity index (χ0) is 58.0. The molecule has 0 atom stereocenters. The number of ketones is 1. The highest BCUT2D eigenvalue weighted by atomic mass is 16.1. The first-order chi connectivity index (χ1) is 36.0. The maximum atomic E-state index is 11.8. The Kier molecular flexibility index (Phi) is 55.1. The van der Waals surface area contributed by atoms with Crippen molar-refractivity contribution in [3.63, 3.8) is 0 Å². The molecular formula is C62H113N9O3. The van der Waals surface area contributed by atoms with Crippen molar-refractivity contribution in [1.82, 2.24) is 24.7 Å². The van der Waals surface area contributed by atoms with E-state index in [-0.39, 0.29) is 17.6 Å². The van der Waals surface area contributed by atoms with Gasteiger partial charge in [-0.3, -0.25) is 14.6 Å². The number of nitrogens with two attached hydrogens (primary N) is 1. The molecule has 2 aromatic heterocycles. The standard InChI is InChI=1S/C15H19N3.C14H17N3O.C11H17N3.C4H6O2.9C2H6/c1-12-6-7-16-15-13(12)4-3-5-14(15)18-10-8-17(2)9-11-18;1-16-7-9-17(10-8-16)12-4-2-3-11-13(18)5-6-15-14(11)12;1-13-6-8-14(9-7-13)11-5-3-2-4-10(11)12;1-4(6)2-3-5;9*1-2/h3-7H,8-11H2,1-2H3;2-6H,7-10H2,1H3,(H,15,18);2-5H,6-9,12H2,1H3;3H,2H2,1H3;9*1-2H3. The molecule has 3 aromatic carbocycles. The van der Waals surface area contributed by atoms with Crippen molar-refractivity contribution in [2.45, 2.75) is 145 Å². The van der Waals surface area contributed by atoms with Gasteiger partial charge in [-0.05, 0) is 77.0 Å². The molecule has 3 aliphatic rings. The second-order valence-corrected chi connectivity index (χ2v) is 14.8. The summed E-state index contributed by atoms with van der Waals surface area (Å²) >= 11 is 0. The number of fused-ring (bicyclic) bond motifs is 2. The molecule has 0 radical (unpaired) electrons. The predicted octanol–water partition coefficient (Wildman–Crippen LogP) is 14.0. The Labute approximate surface area is 455 Å². The first-order valence-electron chi connectivity index (χ1n) is 28.6. The smallest absolute Gasteiger partial charge is 0.189 e. The molecule has 74 heavy (non-hydrogen) atoms. The van der Waals surface area contributed by atoms with Crippen LogP contribution >= 0.6 is 0 Å². The van der Waals surface area contributed by atoms with Crippen LogP contribution in [0.4, 0.5) is 22.7 Å². The van der Waals surface area contributed by atoms with Crippen LogP contribution in [-0.2, 0) is 9.59 Å². The fraction of sp³-hybridized carbons (Fsp3) is 0.581. The van der Waals surface area contributed by atoms with Gasteiger partial charge in [0.2, 0.25) is 0 Å². The van der Waals surface area contributed by atoms with Crippen LogP contribution in [0.5, 0.6) is 0 Å². The number of hydrogen-bond acceptors (Lipinski definition) is 11. The molecule has 424 valence electrons. The van der Waals surface area contributed by atoms with E-state index in [2.05, 4.69) is 104 Å². The van der Waals surface area contributed by atoms with Gasteiger partial charge in [0.05, 0.1) is 40.2 Å². The number of carbonyl (C=O) groups is 2. The summed E-state index contributed by atoms with van der Waals surface area (Å²) in [5.41, 5.74) is 13.9. The van der Waals surface area contributed by atoms with E-state index in [1.165, 1.54) is 29.2 Å². The molecule has 8 rings (SSSR count). The summed E-state index contributed by atoms with van der Waals surface area (Å²) in [6, 6.07) is 24.2. The average molecular weight is 1030 g/mol. The summed E-state index contributed by atoms with van der Waals surface area (Å²) in [6.45, 7) is 52.5. The number of aryl methyl sites for hydroxylation is 1. The van der Waals surface area contributed by atoms with E-state index in [1.807, 2.05) is 161 Å². The molecule has 0 aliphatic carbocycles. The van der Waals surface area contributed by atoms with Crippen molar-refractivity contribution >= 4 is 56.6 Å². The summed E-state index contributed by atoms with van der Waals surface area (Å²) in [7, 11) is 6.48. The third-order valence-electron chi connectivity index (χ3n) is 10.6. The number of aromatic nitrogens is 2. The van der Waals surface area contributed by atoms with Crippen LogP contribution in [0.25, 0.3) is 21.8 Å². The number of anilines is 4. The van der Waals surface area contributed by atoms with E-state index < -0.39 is 0 Å². The highest BCUT2D eigenvalue weighted by Crippen LogP contribution is 2.28. The summed E-state index contributed by atoms with van der Waals surface area (Å²) < 4.78 is 0. The minimum absolute atomic E-state index is 0.0556. The van der Waals surface area contributed by atoms with E-state index in [4.69, 9.17) is 5.73 Å². The SMILES string of the molecule is CC.CC.CC.CC.CC.CC.CC.CC.CC.CC(=O)CC=O.CN1CCN(c2cccc3c(=O)cc[nH]c23)CC1.CN1CCN(c2ccccc2N)CC1.Cc1ccnc2c(N3CCN(C)CC3)cccc12. The van der Waals surface area contributed by atoms with Crippen molar-refractivity contribution in [3.8, 4) is 0 Å². The molecule has 0 bridgehead atoms. The number of piperazine rings is 3. The number of nitrogens with one attached hydrogen (secondary N) is 1. The number of rotatable bonds is 5. The van der Waals surface area contributed by atoms with E-state index in [0.29, 0.717) is 6.29 Å². The number of pyridine rings is 2. The number of Topliss-reactive ketones (excluding diaryl/α,β-unsaturated/α-hetero) is 1. The fourth-order valence-electron chi connectivity index (χ4n) is 7.04. The van der Waals surface area contributed by atoms with Crippen molar-refractivity contribution in [1.29, 1.82) is 0 Å². The van der Waals surface area contributed by atoms with Crippen LogP contribution in [-0.4, -0.2) is 136 Å². The molecular weight excluding hydrogens is 919 g/mol. The quantitative estimate of drug-likeness (QED) is 0.0993. The number of hydrogen-bond donors (Lipinski definition) is 2. The van der Waals surface area contributed by atoms with Gasteiger partial charge in [-0.2, -0.15) is 0 Å². The Hall–Kier alpha value is -5.30. The number of likely N-dealkylation sites (N-methyl/N-ethyl adjacent to an activating group) is 3. The Morgan fingerprint density at radius 3 is 1.31 bits per heavy atom. The Bertz CT molecular complexity index is 2090. The summed E-state index contributed by atoms with van der Waals surface area (Å²) in [5, 5.41) is 2.04. The summed E-state index contributed by atoms with van der Waals surface area (Å²) in [4.78, 5) is 53.0. The van der Waals surface area contributed by atoms with Crippen LogP contribution in [0.2, 0.25) is 0 Å². The highest BCUT2D eigenvalue weighted by Gasteiger charge is 2.19. The molecule has 3 fully saturated rings. The minimum atomic E-state index is -0.0787. The molecule has 3 N–H and O–H groups in total. The number of carbonyl (C=O) groups excluding carboxylic acids is 2. The number of benzene rings is 3. The van der Waals surface area contributed by atoms with Crippen LogP contribution in [0, 0.1) is 6.92 Å². The van der Waals surface area contributed by atoms with Crippen molar-refractivity contribution in [2.24, 2.45) is 0 Å². The fourth-order valence-corrected chi connectivity index (χ4v) is 7.04. The lowest BCUT2D eigenvalue weighted by molar-refractivity contribution is -0.120. The molecule has 12 nitrogen and oxygen atoms in total. The molecule has 5 heterocycles. The number of H-pyrrole nitrogens is 1. The van der Waals surface area contributed by atoms with E-state index in [1.54, 1.807) is 12.3 Å². The topological polar surface area (TPSA) is 125 Å². The molecule has 0 spiro atoms. The van der Waals surface area contributed by atoms with Crippen molar-refractivity contribution in [2.75, 3.05) is 120 Å². The molecule has 3 aliphatic heterocycles. The van der Waals surface area contributed by atoms with Gasteiger partial charge in [0.25, 0.3) is 0 Å². The predicted molar refractivity (Wildman–Crippen MR) is 335 cm³/mol. The second-order valence-electron chi connectivity index (χ2n) is 14.8. The summed E-state index contributed by atoms with van der Waals surface area (Å²) in [5.74, 6) is -0.0787. The minimum Gasteiger partial charge on any atom is -0.397 e. The van der Waals surface area contributed by atoms with Crippen LogP contribution in [0.15, 0.2) is 90.0 Å². The lowest BCUT2D eigenvalue weighted by Crippen LogP contribution is -2.44. The lowest BCUT2D eigenvalue weighted by Gasteiger charge is -2.34. The molecule has 0 unspecified atom stereocenters. The first kappa shape index (κ1) is 77.6. The first-order valence-corrected chi connectivity index (χ1v) is 28.6. The molecule has 0 amide bonds. The third-order valence-corrected chi connectivity index (χ3v) is 10.6. The molecule has 0 saturated carbocycles. The van der Waals surface area contributed by atoms with Gasteiger partial charge in [-0.25, -0.2) is 0 Å². The Balaban J connectivity index is -0.000000267. The number of aromatic amines is 1. The van der Waals surface area contributed by atoms with Crippen LogP contribution in [0.3, 0.4) is 0 Å². The van der Waals surface area contributed by atoms with E-state index >= 15 is 0 Å².